The molecule has 2 aromatic rings. The quantitative estimate of drug-likeness (QED) is 0.745. The number of rotatable bonds is 6. The lowest BCUT2D eigenvalue weighted by Crippen LogP contribution is -2.33. The number of methoxy groups -OCH3 is 1. The molecule has 0 amide bonds. The summed E-state index contributed by atoms with van der Waals surface area (Å²) in [6.45, 7) is 2.09. The Balaban J connectivity index is 2.38. The zero-order chi connectivity index (χ0) is 15.1. The molecule has 0 bridgehead atoms. The van der Waals surface area contributed by atoms with Crippen LogP contribution in [-0.4, -0.2) is 19.1 Å². The van der Waals surface area contributed by atoms with E-state index in [1.807, 2.05) is 36.4 Å². The Labute approximate surface area is 126 Å². The number of ether oxygens (including phenoxy) is 1. The van der Waals surface area contributed by atoms with Gasteiger partial charge in [0.1, 0.15) is 0 Å². The van der Waals surface area contributed by atoms with Crippen molar-refractivity contribution in [1.82, 2.24) is 0 Å². The summed E-state index contributed by atoms with van der Waals surface area (Å²) < 4.78 is 4.84. The number of esters is 1. The Morgan fingerprint density at radius 1 is 1.00 bits per heavy atom. The van der Waals surface area contributed by atoms with Crippen LogP contribution in [-0.2, 0) is 9.53 Å². The molecule has 3 heteroatoms. The molecule has 0 aliphatic rings. The SMILES string of the molecule is CC[C@H](CC(=O)OC)N(c1ccccc1)c1ccccc1. The van der Waals surface area contributed by atoms with E-state index >= 15 is 0 Å². The summed E-state index contributed by atoms with van der Waals surface area (Å²) in [6, 6.07) is 20.3. The van der Waals surface area contributed by atoms with E-state index in [0.29, 0.717) is 6.42 Å². The average molecular weight is 283 g/mol. The number of benzene rings is 2. The van der Waals surface area contributed by atoms with Gasteiger partial charge in [0.05, 0.1) is 13.5 Å². The van der Waals surface area contributed by atoms with Gasteiger partial charge in [0, 0.05) is 17.4 Å². The molecule has 21 heavy (non-hydrogen) atoms. The monoisotopic (exact) mass is 283 g/mol. The first-order chi connectivity index (χ1) is 10.3. The van der Waals surface area contributed by atoms with Gasteiger partial charge in [-0.3, -0.25) is 4.79 Å². The minimum atomic E-state index is -0.182. The standard InChI is InChI=1S/C18H21NO2/c1-3-15(14-18(20)21-2)19(16-10-6-4-7-11-16)17-12-8-5-9-13-17/h4-13,15H,3,14H2,1-2H3/t15-/m1/s1. The second kappa shape index (κ2) is 7.48. The number of nitrogens with zero attached hydrogens (tertiary/aromatic N) is 1. The van der Waals surface area contributed by atoms with Crippen molar-refractivity contribution < 1.29 is 9.53 Å². The van der Waals surface area contributed by atoms with Gasteiger partial charge in [0.25, 0.3) is 0 Å². The topological polar surface area (TPSA) is 29.5 Å². The second-order valence-electron chi connectivity index (χ2n) is 4.88. The highest BCUT2D eigenvalue weighted by atomic mass is 16.5. The first-order valence-corrected chi connectivity index (χ1v) is 7.22. The van der Waals surface area contributed by atoms with E-state index < -0.39 is 0 Å². The van der Waals surface area contributed by atoms with Gasteiger partial charge in [0.2, 0.25) is 0 Å². The normalized spacial score (nSPS) is 11.7. The van der Waals surface area contributed by atoms with Crippen LogP contribution >= 0.6 is 0 Å². The average Bonchev–Trinajstić information content (AvgIpc) is 2.56. The third-order valence-corrected chi connectivity index (χ3v) is 3.54. The first-order valence-electron chi connectivity index (χ1n) is 7.22. The van der Waals surface area contributed by atoms with Gasteiger partial charge < -0.3 is 9.64 Å². The maximum absolute atomic E-state index is 11.7. The van der Waals surface area contributed by atoms with Crippen LogP contribution in [0.1, 0.15) is 19.8 Å². The zero-order valence-electron chi connectivity index (χ0n) is 12.5. The largest absolute Gasteiger partial charge is 0.469 e. The maximum atomic E-state index is 11.7. The number of hydrogen-bond acceptors (Lipinski definition) is 3. The van der Waals surface area contributed by atoms with E-state index in [9.17, 15) is 4.79 Å². The molecule has 0 saturated carbocycles. The molecule has 0 spiro atoms. The minimum Gasteiger partial charge on any atom is -0.469 e. The van der Waals surface area contributed by atoms with E-state index in [-0.39, 0.29) is 12.0 Å². The van der Waals surface area contributed by atoms with E-state index in [2.05, 4.69) is 36.1 Å². The predicted octanol–water partition coefficient (Wildman–Crippen LogP) is 4.17. The molecule has 0 heterocycles. The summed E-state index contributed by atoms with van der Waals surface area (Å²) in [5, 5.41) is 0. The van der Waals surface area contributed by atoms with Crippen molar-refractivity contribution in [2.75, 3.05) is 12.0 Å². The van der Waals surface area contributed by atoms with Gasteiger partial charge in [0.15, 0.2) is 0 Å². The summed E-state index contributed by atoms with van der Waals surface area (Å²) in [6.07, 6.45) is 1.23. The van der Waals surface area contributed by atoms with Gasteiger partial charge in [-0.25, -0.2) is 0 Å². The van der Waals surface area contributed by atoms with Crippen LogP contribution in [0.5, 0.6) is 0 Å². The molecule has 0 aromatic heterocycles. The van der Waals surface area contributed by atoms with E-state index in [0.717, 1.165) is 17.8 Å². The number of anilines is 2. The lowest BCUT2D eigenvalue weighted by molar-refractivity contribution is -0.141. The summed E-state index contributed by atoms with van der Waals surface area (Å²) in [4.78, 5) is 13.9. The van der Waals surface area contributed by atoms with Crippen molar-refractivity contribution in [1.29, 1.82) is 0 Å². The summed E-state index contributed by atoms with van der Waals surface area (Å²) in [7, 11) is 1.43. The summed E-state index contributed by atoms with van der Waals surface area (Å²) in [5.74, 6) is -0.182. The molecule has 3 nitrogen and oxygen atoms in total. The highest BCUT2D eigenvalue weighted by molar-refractivity contribution is 5.73. The highest BCUT2D eigenvalue weighted by Crippen LogP contribution is 2.30. The number of para-hydroxylation sites is 2. The molecule has 0 unspecified atom stereocenters. The Morgan fingerprint density at radius 3 is 1.86 bits per heavy atom. The van der Waals surface area contributed by atoms with Gasteiger partial charge in [-0.05, 0) is 30.7 Å². The van der Waals surface area contributed by atoms with Crippen molar-refractivity contribution in [3.63, 3.8) is 0 Å². The lowest BCUT2D eigenvalue weighted by Gasteiger charge is -2.32. The molecule has 0 radical (unpaired) electrons. The molecule has 110 valence electrons. The third-order valence-electron chi connectivity index (χ3n) is 3.54. The maximum Gasteiger partial charge on any atom is 0.307 e. The van der Waals surface area contributed by atoms with Crippen LogP contribution in [0.25, 0.3) is 0 Å². The Hall–Kier alpha value is -2.29. The van der Waals surface area contributed by atoms with Crippen molar-refractivity contribution >= 4 is 17.3 Å². The smallest absolute Gasteiger partial charge is 0.307 e. The van der Waals surface area contributed by atoms with Crippen LogP contribution in [0, 0.1) is 0 Å². The fourth-order valence-corrected chi connectivity index (χ4v) is 2.44. The molecule has 0 fully saturated rings. The number of carbonyl (C=O) groups is 1. The van der Waals surface area contributed by atoms with Gasteiger partial charge in [-0.2, -0.15) is 0 Å². The minimum absolute atomic E-state index is 0.0715. The van der Waals surface area contributed by atoms with Crippen LogP contribution in [0.15, 0.2) is 60.7 Å². The Morgan fingerprint density at radius 2 is 1.48 bits per heavy atom. The fraction of sp³-hybridized carbons (Fsp3) is 0.278. The Bertz CT molecular complexity index is 514. The van der Waals surface area contributed by atoms with Crippen molar-refractivity contribution in [2.24, 2.45) is 0 Å². The van der Waals surface area contributed by atoms with E-state index in [4.69, 9.17) is 4.74 Å². The molecular weight excluding hydrogens is 262 g/mol. The molecule has 0 saturated heterocycles. The summed E-state index contributed by atoms with van der Waals surface area (Å²) >= 11 is 0. The van der Waals surface area contributed by atoms with Crippen LogP contribution in [0.2, 0.25) is 0 Å². The van der Waals surface area contributed by atoms with E-state index in [1.54, 1.807) is 0 Å². The van der Waals surface area contributed by atoms with E-state index in [1.165, 1.54) is 7.11 Å². The third kappa shape index (κ3) is 3.85. The molecule has 2 aromatic carbocycles. The van der Waals surface area contributed by atoms with Crippen LogP contribution in [0.4, 0.5) is 11.4 Å². The predicted molar refractivity (Wildman–Crippen MR) is 85.7 cm³/mol. The molecule has 0 aliphatic heterocycles. The molecule has 0 N–H and O–H groups in total. The second-order valence-corrected chi connectivity index (χ2v) is 4.88. The zero-order valence-corrected chi connectivity index (χ0v) is 12.5. The summed E-state index contributed by atoms with van der Waals surface area (Å²) in [5.41, 5.74) is 2.17. The molecule has 1 atom stereocenters. The van der Waals surface area contributed by atoms with Crippen molar-refractivity contribution in [3.05, 3.63) is 60.7 Å². The first kappa shape index (κ1) is 15.1. The fourth-order valence-electron chi connectivity index (χ4n) is 2.44. The lowest BCUT2D eigenvalue weighted by atomic mass is 10.1. The van der Waals surface area contributed by atoms with Gasteiger partial charge >= 0.3 is 5.97 Å². The van der Waals surface area contributed by atoms with Crippen molar-refractivity contribution in [2.45, 2.75) is 25.8 Å². The highest BCUT2D eigenvalue weighted by Gasteiger charge is 2.22. The van der Waals surface area contributed by atoms with Gasteiger partial charge in [-0.15, -0.1) is 0 Å². The Kier molecular flexibility index (Phi) is 5.38. The molecular formula is C18H21NO2. The van der Waals surface area contributed by atoms with Crippen LogP contribution < -0.4 is 4.90 Å². The molecule has 2 rings (SSSR count). The van der Waals surface area contributed by atoms with Gasteiger partial charge in [-0.1, -0.05) is 43.3 Å². The number of hydrogen-bond donors (Lipinski definition) is 0. The molecule has 0 aliphatic carbocycles. The van der Waals surface area contributed by atoms with Crippen molar-refractivity contribution in [3.8, 4) is 0 Å². The number of carbonyl (C=O) groups excluding carboxylic acids is 1. The van der Waals surface area contributed by atoms with Crippen LogP contribution in [0.3, 0.4) is 0 Å².